The van der Waals surface area contributed by atoms with Crippen LogP contribution in [0.4, 0.5) is 4.79 Å². The number of nitrogens with zero attached hydrogens (tertiary/aromatic N) is 6. The zero-order valence-corrected chi connectivity index (χ0v) is 19.9. The zero-order valence-electron chi connectivity index (χ0n) is 19.9. The van der Waals surface area contributed by atoms with E-state index >= 15 is 0 Å². The number of aromatic amines is 1. The minimum absolute atomic E-state index is 0.214. The lowest BCUT2D eigenvalue weighted by molar-refractivity contribution is 0.0203. The number of piperidine rings is 1. The Bertz CT molecular complexity index is 1330. The summed E-state index contributed by atoms with van der Waals surface area (Å²) in [5, 5.41) is 4.27. The largest absolute Gasteiger partial charge is 0.444 e. The molecule has 5 heterocycles. The number of amides is 1. The molecule has 9 heteroatoms. The van der Waals surface area contributed by atoms with Crippen LogP contribution in [0.5, 0.6) is 0 Å². The Morgan fingerprint density at radius 1 is 1.12 bits per heavy atom. The molecule has 0 aliphatic carbocycles. The van der Waals surface area contributed by atoms with Gasteiger partial charge in [-0.25, -0.2) is 19.3 Å². The van der Waals surface area contributed by atoms with Crippen LogP contribution >= 0.6 is 0 Å². The molecular weight excluding hydrogens is 430 g/mol. The Kier molecular flexibility index (Phi) is 5.55. The zero-order chi connectivity index (χ0) is 23.9. The van der Waals surface area contributed by atoms with Gasteiger partial charge in [-0.3, -0.25) is 4.98 Å². The molecule has 0 atom stereocenters. The molecule has 0 unspecified atom stereocenters. The number of hydrogen-bond acceptors (Lipinski definition) is 6. The third-order valence-corrected chi connectivity index (χ3v) is 5.95. The molecule has 4 aromatic rings. The van der Waals surface area contributed by atoms with E-state index in [1.54, 1.807) is 15.7 Å². The number of hydrogen-bond donors (Lipinski definition) is 1. The van der Waals surface area contributed by atoms with E-state index in [9.17, 15) is 4.79 Å². The smallest absolute Gasteiger partial charge is 0.410 e. The molecule has 0 saturated carbocycles. The fraction of sp³-hybridized carbons (Fsp3) is 0.400. The summed E-state index contributed by atoms with van der Waals surface area (Å²) in [5.74, 6) is 1.13. The van der Waals surface area contributed by atoms with E-state index in [2.05, 4.69) is 15.1 Å². The third-order valence-electron chi connectivity index (χ3n) is 5.95. The van der Waals surface area contributed by atoms with Crippen LogP contribution in [0.25, 0.3) is 28.3 Å². The number of ether oxygens (including phenoxy) is 1. The van der Waals surface area contributed by atoms with Gasteiger partial charge >= 0.3 is 6.09 Å². The number of pyridine rings is 2. The molecule has 34 heavy (non-hydrogen) atoms. The molecule has 0 bridgehead atoms. The van der Waals surface area contributed by atoms with Gasteiger partial charge in [0, 0.05) is 36.5 Å². The maximum absolute atomic E-state index is 12.5. The number of carbonyl (C=O) groups is 1. The SMILES string of the molecule is Cc1cccc(-c2nc(C3CCN(C(=O)OC(C)(C)C)CC3)[nH]c2-c2ccc3ncnn3c2)n1. The van der Waals surface area contributed by atoms with E-state index in [0.29, 0.717) is 13.1 Å². The quantitative estimate of drug-likeness (QED) is 0.480. The predicted octanol–water partition coefficient (Wildman–Crippen LogP) is 4.60. The van der Waals surface area contributed by atoms with Crippen LogP contribution in [0.1, 0.15) is 51.0 Å². The van der Waals surface area contributed by atoms with Crippen LogP contribution in [0, 0.1) is 6.92 Å². The number of aromatic nitrogens is 6. The van der Waals surface area contributed by atoms with Crippen molar-refractivity contribution in [2.45, 2.75) is 52.1 Å². The molecule has 176 valence electrons. The summed E-state index contributed by atoms with van der Waals surface area (Å²) in [6.07, 6.45) is 4.87. The van der Waals surface area contributed by atoms with Gasteiger partial charge in [0.2, 0.25) is 0 Å². The predicted molar refractivity (Wildman–Crippen MR) is 128 cm³/mol. The molecule has 0 aromatic carbocycles. The van der Waals surface area contributed by atoms with Crippen LogP contribution in [-0.4, -0.2) is 59.2 Å². The molecule has 9 nitrogen and oxygen atoms in total. The van der Waals surface area contributed by atoms with Gasteiger partial charge in [-0.05, 0) is 64.8 Å². The van der Waals surface area contributed by atoms with E-state index < -0.39 is 5.60 Å². The summed E-state index contributed by atoms with van der Waals surface area (Å²) in [4.78, 5) is 31.8. The lowest BCUT2D eigenvalue weighted by Gasteiger charge is -2.32. The lowest BCUT2D eigenvalue weighted by Crippen LogP contribution is -2.41. The second kappa shape index (κ2) is 8.55. The molecule has 0 radical (unpaired) electrons. The van der Waals surface area contributed by atoms with Gasteiger partial charge in [0.05, 0.1) is 11.4 Å². The number of carbonyl (C=O) groups excluding carboxylic acids is 1. The Hall–Kier alpha value is -3.75. The standard InChI is InChI=1S/C25H29N7O2/c1-16-6-5-7-19(28-16)22-21(18-8-9-20-26-15-27-32(20)14-18)29-23(30-22)17-10-12-31(13-11-17)24(33)34-25(2,3)4/h5-9,14-15,17H,10-13H2,1-4H3,(H,29,30). The van der Waals surface area contributed by atoms with Crippen LogP contribution in [0.15, 0.2) is 42.9 Å². The number of nitrogens with one attached hydrogen (secondary N) is 1. The number of imidazole rings is 1. The first-order valence-corrected chi connectivity index (χ1v) is 11.6. The summed E-state index contributed by atoms with van der Waals surface area (Å²) in [5.41, 5.74) is 4.72. The Morgan fingerprint density at radius 2 is 1.91 bits per heavy atom. The monoisotopic (exact) mass is 459 g/mol. The second-order valence-corrected chi connectivity index (χ2v) is 9.73. The van der Waals surface area contributed by atoms with Gasteiger partial charge in [0.25, 0.3) is 0 Å². The first kappa shape index (κ1) is 22.1. The number of rotatable bonds is 3. The van der Waals surface area contributed by atoms with Gasteiger partial charge in [-0.1, -0.05) is 6.07 Å². The third kappa shape index (κ3) is 4.50. The van der Waals surface area contributed by atoms with Gasteiger partial charge in [-0.15, -0.1) is 0 Å². The van der Waals surface area contributed by atoms with Crippen molar-refractivity contribution in [1.82, 2.24) is 34.4 Å². The summed E-state index contributed by atoms with van der Waals surface area (Å²) >= 11 is 0. The normalized spacial score (nSPS) is 15.1. The van der Waals surface area contributed by atoms with Crippen molar-refractivity contribution in [2.24, 2.45) is 0 Å². The van der Waals surface area contributed by atoms with Crippen molar-refractivity contribution in [1.29, 1.82) is 0 Å². The number of fused-ring (bicyclic) bond motifs is 1. The highest BCUT2D eigenvalue weighted by Crippen LogP contribution is 2.34. The fourth-order valence-corrected chi connectivity index (χ4v) is 4.28. The molecule has 0 spiro atoms. The minimum Gasteiger partial charge on any atom is -0.444 e. The maximum Gasteiger partial charge on any atom is 0.410 e. The van der Waals surface area contributed by atoms with Crippen molar-refractivity contribution < 1.29 is 9.53 Å². The van der Waals surface area contributed by atoms with E-state index in [1.165, 1.54) is 0 Å². The minimum atomic E-state index is -0.495. The number of aryl methyl sites for hydroxylation is 1. The topological polar surface area (TPSA) is 101 Å². The fourth-order valence-electron chi connectivity index (χ4n) is 4.28. The Morgan fingerprint density at radius 3 is 2.65 bits per heavy atom. The first-order valence-electron chi connectivity index (χ1n) is 11.6. The molecule has 1 fully saturated rings. The van der Waals surface area contributed by atoms with Gasteiger partial charge in [-0.2, -0.15) is 5.10 Å². The van der Waals surface area contributed by atoms with Crippen LogP contribution in [0.3, 0.4) is 0 Å². The highest BCUT2D eigenvalue weighted by atomic mass is 16.6. The molecule has 1 N–H and O–H groups in total. The number of likely N-dealkylation sites (tertiary alicyclic amines) is 1. The maximum atomic E-state index is 12.5. The first-order chi connectivity index (χ1) is 16.3. The van der Waals surface area contributed by atoms with Gasteiger partial charge < -0.3 is 14.6 Å². The summed E-state index contributed by atoms with van der Waals surface area (Å²) in [6, 6.07) is 9.91. The molecule has 1 amide bonds. The Balaban J connectivity index is 1.45. The van der Waals surface area contributed by atoms with Gasteiger partial charge in [0.15, 0.2) is 5.65 Å². The Labute approximate surface area is 198 Å². The summed E-state index contributed by atoms with van der Waals surface area (Å²) in [7, 11) is 0. The molecule has 1 aliphatic rings. The molecule has 1 saturated heterocycles. The summed E-state index contributed by atoms with van der Waals surface area (Å²) in [6.45, 7) is 8.92. The van der Waals surface area contributed by atoms with Crippen molar-refractivity contribution >= 4 is 11.7 Å². The molecular formula is C25H29N7O2. The highest BCUT2D eigenvalue weighted by Gasteiger charge is 2.30. The molecule has 1 aliphatic heterocycles. The molecule has 5 rings (SSSR count). The second-order valence-electron chi connectivity index (χ2n) is 9.73. The average Bonchev–Trinajstić information content (AvgIpc) is 3.45. The van der Waals surface area contributed by atoms with Crippen molar-refractivity contribution in [2.75, 3.05) is 13.1 Å². The van der Waals surface area contributed by atoms with Crippen LogP contribution in [-0.2, 0) is 4.74 Å². The van der Waals surface area contributed by atoms with Crippen molar-refractivity contribution in [3.63, 3.8) is 0 Å². The van der Waals surface area contributed by atoms with Crippen molar-refractivity contribution in [3.05, 3.63) is 54.4 Å². The average molecular weight is 460 g/mol. The van der Waals surface area contributed by atoms with E-state index in [-0.39, 0.29) is 12.0 Å². The summed E-state index contributed by atoms with van der Waals surface area (Å²) < 4.78 is 7.29. The number of H-pyrrole nitrogens is 1. The highest BCUT2D eigenvalue weighted by molar-refractivity contribution is 5.77. The lowest BCUT2D eigenvalue weighted by atomic mass is 9.96. The van der Waals surface area contributed by atoms with Crippen molar-refractivity contribution in [3.8, 4) is 22.6 Å². The van der Waals surface area contributed by atoms with Crippen LogP contribution < -0.4 is 0 Å². The van der Waals surface area contributed by atoms with Gasteiger partial charge in [0.1, 0.15) is 23.4 Å². The van der Waals surface area contributed by atoms with E-state index in [0.717, 1.165) is 52.7 Å². The van der Waals surface area contributed by atoms with E-state index in [1.807, 2.05) is 64.2 Å². The molecule has 4 aromatic heterocycles. The van der Waals surface area contributed by atoms with Crippen LogP contribution in [0.2, 0.25) is 0 Å². The van der Waals surface area contributed by atoms with E-state index in [4.69, 9.17) is 14.7 Å².